The SMILES string of the molecule is O=C(NC1=C[NH2+]N=C1[C@H](O)NC1CCN(Cc2ccccc2)CC1)c1c(F)cccc1F. The second kappa shape index (κ2) is 10.1. The fraction of sp³-hybridized carbons (Fsp3) is 0.304. The average Bonchev–Trinajstić information content (AvgIpc) is 3.24. The maximum atomic E-state index is 13.9. The van der Waals surface area contributed by atoms with E-state index in [1.165, 1.54) is 23.3 Å². The lowest BCUT2D eigenvalue weighted by Crippen LogP contribution is -2.69. The number of rotatable bonds is 7. The molecule has 0 unspecified atom stereocenters. The van der Waals surface area contributed by atoms with Gasteiger partial charge in [-0.3, -0.25) is 15.0 Å². The van der Waals surface area contributed by atoms with Gasteiger partial charge in [-0.25, -0.2) is 8.78 Å². The van der Waals surface area contributed by atoms with Crippen molar-refractivity contribution >= 4 is 11.6 Å². The number of hydrogen-bond donors (Lipinski definition) is 4. The second-order valence-corrected chi connectivity index (χ2v) is 7.90. The predicted octanol–water partition coefficient (Wildman–Crippen LogP) is 1.04. The maximum absolute atomic E-state index is 13.9. The number of aliphatic hydroxyl groups is 1. The summed E-state index contributed by atoms with van der Waals surface area (Å²) in [7, 11) is 0. The fourth-order valence-corrected chi connectivity index (χ4v) is 3.97. The Morgan fingerprint density at radius 2 is 1.81 bits per heavy atom. The van der Waals surface area contributed by atoms with E-state index in [2.05, 4.69) is 32.8 Å². The second-order valence-electron chi connectivity index (χ2n) is 7.90. The van der Waals surface area contributed by atoms with Crippen LogP contribution in [0.4, 0.5) is 8.78 Å². The summed E-state index contributed by atoms with van der Waals surface area (Å²) in [5.74, 6) is -2.84. The number of benzene rings is 2. The minimum Gasteiger partial charge on any atom is -0.372 e. The van der Waals surface area contributed by atoms with E-state index < -0.39 is 29.3 Å². The molecule has 2 aliphatic rings. The Labute approximate surface area is 184 Å². The molecular weight excluding hydrogens is 416 g/mol. The number of aliphatic hydroxyl groups excluding tert-OH is 1. The first kappa shape index (κ1) is 22.2. The molecule has 0 saturated carbocycles. The Kier molecular flexibility index (Phi) is 7.01. The van der Waals surface area contributed by atoms with E-state index in [0.29, 0.717) is 0 Å². The molecule has 1 fully saturated rings. The number of likely N-dealkylation sites (tertiary alicyclic amines) is 1. The summed E-state index contributed by atoms with van der Waals surface area (Å²) in [5.41, 5.74) is 2.44. The van der Waals surface area contributed by atoms with Crippen LogP contribution in [0.3, 0.4) is 0 Å². The minimum atomic E-state index is -1.11. The third-order valence-corrected chi connectivity index (χ3v) is 5.66. The van der Waals surface area contributed by atoms with Gasteiger partial charge in [0.05, 0.1) is 0 Å². The zero-order valence-electron chi connectivity index (χ0n) is 17.5. The van der Waals surface area contributed by atoms with Crippen LogP contribution in [-0.2, 0) is 6.54 Å². The molecule has 2 aromatic carbocycles. The van der Waals surface area contributed by atoms with Gasteiger partial charge < -0.3 is 10.4 Å². The molecule has 0 aliphatic carbocycles. The van der Waals surface area contributed by atoms with Crippen molar-refractivity contribution in [1.29, 1.82) is 0 Å². The summed E-state index contributed by atoms with van der Waals surface area (Å²) in [6.45, 7) is 2.68. The van der Waals surface area contributed by atoms with Crippen molar-refractivity contribution in [2.75, 3.05) is 13.1 Å². The monoisotopic (exact) mass is 442 g/mol. The molecule has 1 saturated heterocycles. The van der Waals surface area contributed by atoms with Gasteiger partial charge in [0.2, 0.25) is 0 Å². The first-order chi connectivity index (χ1) is 15.5. The van der Waals surface area contributed by atoms with Crippen molar-refractivity contribution in [2.24, 2.45) is 5.10 Å². The lowest BCUT2D eigenvalue weighted by Gasteiger charge is -2.33. The molecule has 2 aliphatic heterocycles. The Bertz CT molecular complexity index is 1000. The molecule has 7 nitrogen and oxygen atoms in total. The quantitative estimate of drug-likeness (QED) is 0.381. The van der Waals surface area contributed by atoms with Gasteiger partial charge in [0, 0.05) is 12.6 Å². The van der Waals surface area contributed by atoms with Crippen LogP contribution < -0.4 is 16.1 Å². The highest BCUT2D eigenvalue weighted by molar-refractivity contribution is 6.08. The van der Waals surface area contributed by atoms with Gasteiger partial charge in [-0.05, 0) is 43.6 Å². The zero-order chi connectivity index (χ0) is 22.5. The number of carbonyl (C=O) groups excluding carboxylic acids is 1. The van der Waals surface area contributed by atoms with Crippen LogP contribution in [0, 0.1) is 11.6 Å². The summed E-state index contributed by atoms with van der Waals surface area (Å²) in [4.78, 5) is 14.7. The Hall–Kier alpha value is -2.98. The molecule has 1 amide bonds. The Morgan fingerprint density at radius 3 is 2.50 bits per heavy atom. The molecule has 0 aromatic heterocycles. The minimum absolute atomic E-state index is 0.0845. The smallest absolute Gasteiger partial charge is 0.261 e. The van der Waals surface area contributed by atoms with Crippen LogP contribution in [0.15, 0.2) is 65.5 Å². The van der Waals surface area contributed by atoms with Crippen molar-refractivity contribution in [2.45, 2.75) is 31.7 Å². The van der Waals surface area contributed by atoms with Crippen molar-refractivity contribution in [3.05, 3.63) is 83.2 Å². The summed E-state index contributed by atoms with van der Waals surface area (Å²) < 4.78 is 27.8. The highest BCUT2D eigenvalue weighted by Gasteiger charge is 2.30. The number of quaternary nitrogens is 1. The van der Waals surface area contributed by atoms with E-state index in [0.717, 1.165) is 44.6 Å². The van der Waals surface area contributed by atoms with Gasteiger partial charge in [0.15, 0.2) is 11.9 Å². The molecule has 4 rings (SSSR count). The number of halogens is 2. The van der Waals surface area contributed by atoms with Crippen LogP contribution in [0.25, 0.3) is 0 Å². The normalized spacial score (nSPS) is 18.2. The number of piperidine rings is 1. The predicted molar refractivity (Wildman–Crippen MR) is 115 cm³/mol. The lowest BCUT2D eigenvalue weighted by molar-refractivity contribution is -0.590. The van der Waals surface area contributed by atoms with Crippen LogP contribution >= 0.6 is 0 Å². The Morgan fingerprint density at radius 1 is 1.12 bits per heavy atom. The van der Waals surface area contributed by atoms with E-state index in [1.54, 1.807) is 0 Å². The third-order valence-electron chi connectivity index (χ3n) is 5.66. The van der Waals surface area contributed by atoms with Gasteiger partial charge in [-0.2, -0.15) is 5.43 Å². The highest BCUT2D eigenvalue weighted by Crippen LogP contribution is 2.16. The molecule has 0 spiro atoms. The standard InChI is InChI=1S/C23H25F2N5O2/c24-17-7-4-8-18(25)20(17)22(31)28-19-13-26-29-21(19)23(32)27-16-9-11-30(12-10-16)14-15-5-2-1-3-6-15/h1-8,13,16,23,27,32H,9-12,14H2,(H,26,29)(H,28,31)/p+1/t23-/m0/s1. The van der Waals surface area contributed by atoms with Gasteiger partial charge in [0.25, 0.3) is 5.91 Å². The molecule has 32 heavy (non-hydrogen) atoms. The molecule has 2 aromatic rings. The van der Waals surface area contributed by atoms with Gasteiger partial charge in [-0.1, -0.05) is 41.5 Å². The largest absolute Gasteiger partial charge is 0.372 e. The Balaban J connectivity index is 1.29. The number of amides is 1. The first-order valence-electron chi connectivity index (χ1n) is 10.6. The van der Waals surface area contributed by atoms with E-state index >= 15 is 0 Å². The number of hydrogen-bond acceptors (Lipinski definition) is 5. The molecule has 5 N–H and O–H groups in total. The summed E-state index contributed by atoms with van der Waals surface area (Å²) in [6, 6.07) is 13.6. The van der Waals surface area contributed by atoms with Gasteiger partial charge >= 0.3 is 0 Å². The molecular formula is C23H26F2N5O2+. The van der Waals surface area contributed by atoms with Crippen LogP contribution in [0.2, 0.25) is 0 Å². The van der Waals surface area contributed by atoms with E-state index in [1.807, 2.05) is 18.2 Å². The number of carbonyl (C=O) groups is 1. The maximum Gasteiger partial charge on any atom is 0.261 e. The van der Waals surface area contributed by atoms with Gasteiger partial charge in [0.1, 0.15) is 29.1 Å². The van der Waals surface area contributed by atoms with Crippen molar-refractivity contribution in [1.82, 2.24) is 15.5 Å². The molecule has 0 bridgehead atoms. The molecule has 2 heterocycles. The van der Waals surface area contributed by atoms with Crippen LogP contribution in [-0.4, -0.2) is 47.0 Å². The van der Waals surface area contributed by atoms with Gasteiger partial charge in [-0.15, -0.1) is 0 Å². The third kappa shape index (κ3) is 5.25. The number of nitrogens with zero attached hydrogens (tertiary/aromatic N) is 2. The first-order valence-corrected chi connectivity index (χ1v) is 10.6. The average molecular weight is 442 g/mol. The molecule has 9 heteroatoms. The summed E-state index contributed by atoms with van der Waals surface area (Å²) >= 11 is 0. The van der Waals surface area contributed by atoms with E-state index in [4.69, 9.17) is 0 Å². The molecule has 1 atom stereocenters. The lowest BCUT2D eigenvalue weighted by atomic mass is 10.0. The van der Waals surface area contributed by atoms with Crippen molar-refractivity contribution < 1.29 is 24.1 Å². The van der Waals surface area contributed by atoms with Crippen LogP contribution in [0.1, 0.15) is 28.8 Å². The van der Waals surface area contributed by atoms with Crippen molar-refractivity contribution in [3.8, 4) is 0 Å². The number of nitrogens with one attached hydrogen (secondary N) is 2. The highest BCUT2D eigenvalue weighted by atomic mass is 19.1. The zero-order valence-corrected chi connectivity index (χ0v) is 17.5. The van der Waals surface area contributed by atoms with E-state index in [-0.39, 0.29) is 17.5 Å². The summed E-state index contributed by atoms with van der Waals surface area (Å²) in [5, 5.41) is 20.4. The van der Waals surface area contributed by atoms with E-state index in [9.17, 15) is 18.7 Å². The fourth-order valence-electron chi connectivity index (χ4n) is 3.97. The number of nitrogens with two attached hydrogens (primary N) is 1. The molecule has 168 valence electrons. The topological polar surface area (TPSA) is 93.6 Å². The van der Waals surface area contributed by atoms with Crippen LogP contribution in [0.5, 0.6) is 0 Å². The van der Waals surface area contributed by atoms with Crippen molar-refractivity contribution in [3.63, 3.8) is 0 Å². The molecule has 0 radical (unpaired) electrons. The summed E-state index contributed by atoms with van der Waals surface area (Å²) in [6.07, 6.45) is 2.08.